The maximum absolute atomic E-state index is 14.7. The molecular weight excluding hydrogens is 639 g/mol. The Morgan fingerprint density at radius 1 is 0.796 bits per heavy atom. The van der Waals surface area contributed by atoms with E-state index < -0.39 is 42.7 Å². The predicted molar refractivity (Wildman–Crippen MR) is 175 cm³/mol. The molecule has 0 aromatic heterocycles. The van der Waals surface area contributed by atoms with Crippen molar-refractivity contribution in [2.45, 2.75) is 30.2 Å². The van der Waals surface area contributed by atoms with Gasteiger partial charge >= 0.3 is 6.18 Å². The van der Waals surface area contributed by atoms with Crippen LogP contribution in [-0.2, 0) is 15.1 Å². The van der Waals surface area contributed by atoms with E-state index >= 15 is 0 Å². The van der Waals surface area contributed by atoms with Gasteiger partial charge in [-0.25, -0.2) is 9.98 Å². The van der Waals surface area contributed by atoms with Crippen LogP contribution in [0.4, 0.5) is 18.9 Å². The average molecular weight is 672 g/mol. The molecule has 3 aliphatic rings. The Labute approximate surface area is 280 Å². The van der Waals surface area contributed by atoms with Gasteiger partial charge in [0.25, 0.3) is 0 Å². The average Bonchev–Trinajstić information content (AvgIpc) is 3.48. The van der Waals surface area contributed by atoms with Crippen LogP contribution < -0.4 is 14.2 Å². The second kappa shape index (κ2) is 13.0. The molecule has 0 amide bonds. The molecule has 3 aliphatic heterocycles. The first-order valence-electron chi connectivity index (χ1n) is 15.5. The Bertz CT molecular complexity index is 1830. The summed E-state index contributed by atoms with van der Waals surface area (Å²) in [5.41, 5.74) is 1.27. The van der Waals surface area contributed by atoms with Gasteiger partial charge in [-0.05, 0) is 53.1 Å². The minimum absolute atomic E-state index is 0.155. The van der Waals surface area contributed by atoms with Gasteiger partial charge in [-0.1, -0.05) is 66.7 Å². The lowest BCUT2D eigenvalue weighted by molar-refractivity contribution is -0.210. The van der Waals surface area contributed by atoms with Crippen LogP contribution in [0.25, 0.3) is 0 Å². The lowest BCUT2D eigenvalue weighted by atomic mass is 9.80. The quantitative estimate of drug-likeness (QED) is 0.201. The number of para-hydroxylation sites is 2. The Morgan fingerprint density at radius 2 is 1.39 bits per heavy atom. The van der Waals surface area contributed by atoms with Gasteiger partial charge in [0.1, 0.15) is 41.0 Å². The lowest BCUT2D eigenvalue weighted by Crippen LogP contribution is -2.46. The predicted octanol–water partition coefficient (Wildman–Crippen LogP) is 6.58. The number of methoxy groups -OCH3 is 2. The number of ether oxygens (including phenoxy) is 5. The van der Waals surface area contributed by atoms with Crippen LogP contribution in [0, 0.1) is 5.92 Å². The number of amidine groups is 1. The molecule has 3 heterocycles. The molecule has 49 heavy (non-hydrogen) atoms. The second-order valence-electron chi connectivity index (χ2n) is 11.6. The zero-order valence-corrected chi connectivity index (χ0v) is 26.5. The van der Waals surface area contributed by atoms with E-state index in [1.165, 1.54) is 12.5 Å². The first kappa shape index (κ1) is 32.4. The summed E-state index contributed by atoms with van der Waals surface area (Å²) < 4.78 is 73.5. The zero-order valence-electron chi connectivity index (χ0n) is 26.5. The summed E-state index contributed by atoms with van der Waals surface area (Å²) in [6.45, 7) is -0.407. The molecule has 9 nitrogen and oxygen atoms in total. The van der Waals surface area contributed by atoms with Crippen molar-refractivity contribution in [2.75, 3.05) is 20.8 Å². The molecule has 1 fully saturated rings. The molecule has 1 saturated heterocycles. The summed E-state index contributed by atoms with van der Waals surface area (Å²) in [7, 11) is 3.11. The molecule has 4 aromatic rings. The minimum atomic E-state index is -4.83. The van der Waals surface area contributed by atoms with Crippen LogP contribution >= 0.6 is 0 Å². The number of alkyl halides is 3. The highest BCUT2D eigenvalue weighted by Gasteiger charge is 2.59. The number of nitrogens with zero attached hydrogens (tertiary/aromatic N) is 3. The fraction of sp³-hybridized carbons (Fsp3) is 0.243. The molecular formula is C37H32F3N3O6. The van der Waals surface area contributed by atoms with Gasteiger partial charge in [0.05, 0.1) is 39.5 Å². The SMILES string of the molecule is COc1ccc(C(OC[C@H]2O[C@@H](N3C=NC4=Nc5ccccc5OC4=C3)[C@H](C(F)(F)F)[C@@H]2O)(c2ccccc2)c2ccc(OC)cc2)cc1. The van der Waals surface area contributed by atoms with E-state index in [0.717, 1.165) is 4.90 Å². The van der Waals surface area contributed by atoms with E-state index in [9.17, 15) is 18.3 Å². The lowest BCUT2D eigenvalue weighted by Gasteiger charge is -2.37. The molecule has 4 atom stereocenters. The smallest absolute Gasteiger partial charge is 0.398 e. The van der Waals surface area contributed by atoms with Crippen molar-refractivity contribution in [3.05, 3.63) is 132 Å². The Hall–Kier alpha value is -5.17. The van der Waals surface area contributed by atoms with E-state index in [4.69, 9.17) is 23.7 Å². The third kappa shape index (κ3) is 6.03. The first-order chi connectivity index (χ1) is 23.7. The van der Waals surface area contributed by atoms with Crippen molar-refractivity contribution >= 4 is 17.9 Å². The standard InChI is InChI=1S/C37H32F3N3O6/c1-45-26-16-12-24(13-17-26)36(23-8-4-3-5-9-23,25-14-18-27(46-2)19-15-25)47-21-31-33(44)32(37(38,39)40)35(49-31)43-20-30-34(41-22-43)42-28-10-6-7-11-29(28)48-30/h3-20,22,31-33,35,44H,21H2,1-2H3/t31-,32-,33-,35-/m1/s1. The molecule has 1 N–H and O–H groups in total. The first-order valence-corrected chi connectivity index (χ1v) is 15.5. The van der Waals surface area contributed by atoms with Gasteiger partial charge in [-0.2, -0.15) is 13.2 Å². The van der Waals surface area contributed by atoms with Crippen LogP contribution in [0.3, 0.4) is 0 Å². The molecule has 252 valence electrons. The number of halogens is 3. The van der Waals surface area contributed by atoms with Crippen LogP contribution in [0.15, 0.2) is 125 Å². The largest absolute Gasteiger partial charge is 0.497 e. The van der Waals surface area contributed by atoms with Crippen molar-refractivity contribution in [3.8, 4) is 17.2 Å². The van der Waals surface area contributed by atoms with Crippen molar-refractivity contribution in [1.82, 2.24) is 4.90 Å². The topological polar surface area (TPSA) is 94.3 Å². The maximum Gasteiger partial charge on any atom is 0.398 e. The number of rotatable bonds is 9. The molecule has 0 bridgehead atoms. The molecule has 0 aliphatic carbocycles. The summed E-state index contributed by atoms with van der Waals surface area (Å²) in [6.07, 6.45) is -7.31. The third-order valence-electron chi connectivity index (χ3n) is 8.79. The normalized spacial score (nSPS) is 21.6. The number of fused-ring (bicyclic) bond motifs is 2. The molecule has 0 radical (unpaired) electrons. The van der Waals surface area contributed by atoms with Crippen LogP contribution in [-0.4, -0.2) is 67.6 Å². The fourth-order valence-electron chi connectivity index (χ4n) is 6.35. The van der Waals surface area contributed by atoms with E-state index in [0.29, 0.717) is 39.6 Å². The molecule has 4 aromatic carbocycles. The van der Waals surface area contributed by atoms with Crippen molar-refractivity contribution in [2.24, 2.45) is 15.9 Å². The van der Waals surface area contributed by atoms with Crippen molar-refractivity contribution in [1.29, 1.82) is 0 Å². The molecule has 0 spiro atoms. The van der Waals surface area contributed by atoms with E-state index in [-0.39, 0.29) is 11.6 Å². The van der Waals surface area contributed by atoms with Crippen LogP contribution in [0.5, 0.6) is 17.2 Å². The maximum atomic E-state index is 14.7. The van der Waals surface area contributed by atoms with Crippen molar-refractivity contribution in [3.63, 3.8) is 0 Å². The van der Waals surface area contributed by atoms with Gasteiger partial charge in [0.2, 0.25) is 0 Å². The molecule has 7 rings (SSSR count). The Balaban J connectivity index is 1.24. The van der Waals surface area contributed by atoms with E-state index in [1.54, 1.807) is 62.8 Å². The van der Waals surface area contributed by atoms with Gasteiger partial charge in [0.15, 0.2) is 17.3 Å². The highest BCUT2D eigenvalue weighted by molar-refractivity contribution is 6.05. The minimum Gasteiger partial charge on any atom is -0.497 e. The number of aliphatic imine (C=N–C) groups is 2. The molecule has 12 heteroatoms. The number of hydrogen-bond acceptors (Lipinski definition) is 9. The van der Waals surface area contributed by atoms with Crippen LogP contribution in [0.2, 0.25) is 0 Å². The number of aliphatic hydroxyl groups excluding tert-OH is 1. The molecule has 0 saturated carbocycles. The highest BCUT2D eigenvalue weighted by Crippen LogP contribution is 2.45. The summed E-state index contributed by atoms with van der Waals surface area (Å²) in [4.78, 5) is 9.85. The van der Waals surface area contributed by atoms with Gasteiger partial charge < -0.3 is 33.7 Å². The fourth-order valence-corrected chi connectivity index (χ4v) is 6.35. The third-order valence-corrected chi connectivity index (χ3v) is 8.79. The van der Waals surface area contributed by atoms with Gasteiger partial charge in [-0.3, -0.25) is 0 Å². The van der Waals surface area contributed by atoms with E-state index in [1.807, 2.05) is 54.6 Å². The second-order valence-corrected chi connectivity index (χ2v) is 11.6. The van der Waals surface area contributed by atoms with Gasteiger partial charge in [-0.15, -0.1) is 0 Å². The number of benzene rings is 4. The van der Waals surface area contributed by atoms with E-state index in [2.05, 4.69) is 9.98 Å². The zero-order chi connectivity index (χ0) is 34.2. The highest BCUT2D eigenvalue weighted by atomic mass is 19.4. The van der Waals surface area contributed by atoms with Crippen molar-refractivity contribution < 1.29 is 42.0 Å². The van der Waals surface area contributed by atoms with Gasteiger partial charge in [0, 0.05) is 0 Å². The summed E-state index contributed by atoms with van der Waals surface area (Å²) in [6, 6.07) is 30.8. The Morgan fingerprint density at radius 3 is 2.00 bits per heavy atom. The number of hydrogen-bond donors (Lipinski definition) is 1. The Kier molecular flexibility index (Phi) is 8.61. The van der Waals surface area contributed by atoms with Crippen LogP contribution in [0.1, 0.15) is 16.7 Å². The number of aliphatic hydroxyl groups is 1. The molecule has 0 unspecified atom stereocenters. The summed E-state index contributed by atoms with van der Waals surface area (Å²) >= 11 is 0. The summed E-state index contributed by atoms with van der Waals surface area (Å²) in [5.74, 6) is -0.268. The monoisotopic (exact) mass is 671 g/mol. The summed E-state index contributed by atoms with van der Waals surface area (Å²) in [5, 5.41) is 11.3.